The number of rotatable bonds is 9. The van der Waals surface area contributed by atoms with E-state index in [4.69, 9.17) is 18.9 Å². The van der Waals surface area contributed by atoms with E-state index in [-0.39, 0.29) is 53.9 Å². The third-order valence-electron chi connectivity index (χ3n) is 9.03. The van der Waals surface area contributed by atoms with Gasteiger partial charge in [-0.3, -0.25) is 9.59 Å². The van der Waals surface area contributed by atoms with E-state index >= 15 is 0 Å². The first-order chi connectivity index (χ1) is 23.5. The Balaban J connectivity index is 1.38. The normalized spacial score (nSPS) is 30.1. The zero-order valence-corrected chi connectivity index (χ0v) is 29.6. The molecule has 1 aromatic carbocycles. The molecule has 0 aromatic heterocycles. The Hall–Kier alpha value is -3.54. The summed E-state index contributed by atoms with van der Waals surface area (Å²) in [5, 5.41) is 0. The van der Waals surface area contributed by atoms with Gasteiger partial charge >= 0.3 is 11.9 Å². The maximum atomic E-state index is 13.3. The van der Waals surface area contributed by atoms with Crippen LogP contribution in [0.1, 0.15) is 84.5 Å². The lowest BCUT2D eigenvalue weighted by molar-refractivity contribution is -0.154. The predicted molar refractivity (Wildman–Crippen MR) is 186 cm³/mol. The van der Waals surface area contributed by atoms with Gasteiger partial charge in [-0.2, -0.15) is 0 Å². The molecule has 7 atom stereocenters. The molecule has 3 aliphatic heterocycles. The predicted octanol–water partition coefficient (Wildman–Crippen LogP) is 6.28. The van der Waals surface area contributed by atoms with Crippen molar-refractivity contribution in [1.82, 2.24) is 4.72 Å². The molecule has 49 heavy (non-hydrogen) atoms. The smallest absolute Gasteiger partial charge is 0.330 e. The van der Waals surface area contributed by atoms with Gasteiger partial charge in [0, 0.05) is 24.8 Å². The third kappa shape index (κ3) is 13.0. The lowest BCUT2D eigenvalue weighted by atomic mass is 9.89. The topological polar surface area (TPSA) is 134 Å². The fourth-order valence-electron chi connectivity index (χ4n) is 6.52. The molecule has 2 saturated heterocycles. The van der Waals surface area contributed by atoms with Gasteiger partial charge < -0.3 is 18.9 Å². The molecule has 1 aromatic rings. The summed E-state index contributed by atoms with van der Waals surface area (Å²) in [6.45, 7) is 4.19. The van der Waals surface area contributed by atoms with Crippen LogP contribution in [0.3, 0.4) is 0 Å². The number of allylic oxidation sites excluding steroid dienone is 4. The van der Waals surface area contributed by atoms with Gasteiger partial charge in [0.15, 0.2) is 0 Å². The lowest BCUT2D eigenvalue weighted by Crippen LogP contribution is -2.37. The number of carbonyl (C=O) groups is 3. The summed E-state index contributed by atoms with van der Waals surface area (Å²) in [5.74, 6) is -1.18. The highest BCUT2D eigenvalue weighted by Crippen LogP contribution is 2.33. The molecule has 3 aliphatic rings. The summed E-state index contributed by atoms with van der Waals surface area (Å²) < 4.78 is 50.6. The number of cyclic esters (lactones) is 1. The highest BCUT2D eigenvalue weighted by Gasteiger charge is 2.33. The average Bonchev–Trinajstić information content (AvgIpc) is 3.06. The Morgan fingerprint density at radius 3 is 2.41 bits per heavy atom. The maximum Gasteiger partial charge on any atom is 0.330 e. The van der Waals surface area contributed by atoms with Gasteiger partial charge in [-0.05, 0) is 75.5 Å². The molecule has 2 fully saturated rings. The molecule has 1 amide bonds. The standard InChI is InChI=1S/C38H51NO9S/c1-27-19-20-28(2)35(17-10-5-4-6-11-18-36(40)39-49(43,44)34-15-8-7-9-16-34)48-38(42)26-33-23-29(24-37(41)45-3)22-32(47-33)25-31-14-12-13-30(21-27)46-31/h4-5,7-10,15-17,19-20,24,27-28,30-33,35H,6,11-14,18,21-23,25-26H2,1-3H3,(H,39,40)/b5-4-,17-10+,20-19+,29-24-. The number of benzene rings is 1. The Morgan fingerprint density at radius 2 is 1.65 bits per heavy atom. The van der Waals surface area contributed by atoms with Crippen molar-refractivity contribution < 1.29 is 41.7 Å². The number of nitrogens with one attached hydrogen (secondary N) is 1. The Bertz CT molecular complexity index is 1480. The number of sulfonamides is 1. The first-order valence-electron chi connectivity index (χ1n) is 17.4. The van der Waals surface area contributed by atoms with Crippen LogP contribution in [-0.4, -0.2) is 63.9 Å². The van der Waals surface area contributed by atoms with Crippen molar-refractivity contribution in [3.63, 3.8) is 0 Å². The van der Waals surface area contributed by atoms with Gasteiger partial charge in [-0.15, -0.1) is 0 Å². The van der Waals surface area contributed by atoms with E-state index in [1.807, 2.05) is 31.2 Å². The second kappa shape index (κ2) is 19.0. The summed E-state index contributed by atoms with van der Waals surface area (Å²) >= 11 is 0. The molecule has 10 nitrogen and oxygen atoms in total. The zero-order valence-electron chi connectivity index (χ0n) is 28.8. The third-order valence-corrected chi connectivity index (χ3v) is 10.4. The van der Waals surface area contributed by atoms with Crippen LogP contribution >= 0.6 is 0 Å². The second-order valence-corrected chi connectivity index (χ2v) is 15.0. The quantitative estimate of drug-likeness (QED) is 0.104. The average molecular weight is 698 g/mol. The minimum atomic E-state index is -3.89. The summed E-state index contributed by atoms with van der Waals surface area (Å²) in [4.78, 5) is 37.6. The number of carbonyl (C=O) groups excluding carboxylic acids is 3. The minimum absolute atomic E-state index is 0.0448. The van der Waals surface area contributed by atoms with Gasteiger partial charge in [0.2, 0.25) is 5.91 Å². The number of ether oxygens (including phenoxy) is 4. The van der Waals surface area contributed by atoms with E-state index in [1.54, 1.807) is 18.2 Å². The van der Waals surface area contributed by atoms with Crippen LogP contribution in [0.25, 0.3) is 0 Å². The van der Waals surface area contributed by atoms with Crippen molar-refractivity contribution in [2.45, 2.75) is 120 Å². The number of amides is 1. The fraction of sp³-hybridized carbons (Fsp3) is 0.553. The molecule has 1 N–H and O–H groups in total. The molecule has 0 radical (unpaired) electrons. The van der Waals surface area contributed by atoms with Crippen molar-refractivity contribution in [1.29, 1.82) is 0 Å². The van der Waals surface area contributed by atoms with Crippen LogP contribution in [0, 0.1) is 11.8 Å². The molecular weight excluding hydrogens is 646 g/mol. The highest BCUT2D eigenvalue weighted by molar-refractivity contribution is 7.90. The van der Waals surface area contributed by atoms with Crippen molar-refractivity contribution in [2.75, 3.05) is 7.11 Å². The van der Waals surface area contributed by atoms with Crippen LogP contribution in [0.15, 0.2) is 83.3 Å². The van der Waals surface area contributed by atoms with E-state index in [2.05, 4.69) is 23.8 Å². The summed E-state index contributed by atoms with van der Waals surface area (Å²) in [6, 6.07) is 7.78. The molecule has 3 heterocycles. The first kappa shape index (κ1) is 38.3. The van der Waals surface area contributed by atoms with Crippen LogP contribution < -0.4 is 4.72 Å². The van der Waals surface area contributed by atoms with E-state index < -0.39 is 34.1 Å². The zero-order chi connectivity index (χ0) is 35.2. The molecule has 4 bridgehead atoms. The van der Waals surface area contributed by atoms with Gasteiger partial charge in [0.05, 0.1) is 42.8 Å². The minimum Gasteiger partial charge on any atom is -0.466 e. The number of methoxy groups -OCH3 is 1. The number of hydrogen-bond donors (Lipinski definition) is 1. The Morgan fingerprint density at radius 1 is 0.939 bits per heavy atom. The van der Waals surface area contributed by atoms with Crippen LogP contribution in [0.4, 0.5) is 0 Å². The summed E-state index contributed by atoms with van der Waals surface area (Å²) in [6.07, 6.45) is 19.2. The van der Waals surface area contributed by atoms with Crippen LogP contribution in [-0.2, 0) is 43.4 Å². The van der Waals surface area contributed by atoms with Crippen LogP contribution in [0.2, 0.25) is 0 Å². The second-order valence-electron chi connectivity index (χ2n) is 13.3. The van der Waals surface area contributed by atoms with E-state index in [1.165, 1.54) is 25.3 Å². The van der Waals surface area contributed by atoms with Crippen LogP contribution in [0.5, 0.6) is 0 Å². The molecule has 4 rings (SSSR count). The molecule has 0 spiro atoms. The number of esters is 2. The summed E-state index contributed by atoms with van der Waals surface area (Å²) in [5.41, 5.74) is 0.899. The molecule has 268 valence electrons. The largest absolute Gasteiger partial charge is 0.466 e. The fourth-order valence-corrected chi connectivity index (χ4v) is 7.56. The molecule has 7 unspecified atom stereocenters. The Kier molecular flexibility index (Phi) is 14.8. The van der Waals surface area contributed by atoms with Gasteiger partial charge in [0.1, 0.15) is 6.10 Å². The van der Waals surface area contributed by atoms with Crippen molar-refractivity contribution in [2.24, 2.45) is 11.8 Å². The van der Waals surface area contributed by atoms with E-state index in [0.717, 1.165) is 31.3 Å². The Labute approximate surface area is 291 Å². The number of hydrogen-bond acceptors (Lipinski definition) is 9. The van der Waals surface area contributed by atoms with Crippen molar-refractivity contribution in [3.05, 3.63) is 78.4 Å². The van der Waals surface area contributed by atoms with E-state index in [9.17, 15) is 22.8 Å². The molecule has 0 aliphatic carbocycles. The highest BCUT2D eigenvalue weighted by atomic mass is 32.2. The SMILES string of the molecule is COC(=O)/C=C1\CC2CC(=O)OC(/C=C/C=C\CCCC(=O)NS(=O)(=O)c3ccccc3)C(C)/C=C/C(C)CC3CCCC(CC(C1)O2)O3. The summed E-state index contributed by atoms with van der Waals surface area (Å²) in [7, 11) is -2.53. The molecule has 11 heteroatoms. The van der Waals surface area contributed by atoms with Crippen molar-refractivity contribution in [3.8, 4) is 0 Å². The van der Waals surface area contributed by atoms with Gasteiger partial charge in [0.25, 0.3) is 10.0 Å². The van der Waals surface area contributed by atoms with Gasteiger partial charge in [-0.1, -0.05) is 68.0 Å². The molecular formula is C38H51NO9S. The van der Waals surface area contributed by atoms with Crippen molar-refractivity contribution >= 4 is 27.9 Å². The lowest BCUT2D eigenvalue weighted by Gasteiger charge is -2.37. The monoisotopic (exact) mass is 697 g/mol. The number of unbranched alkanes of at least 4 members (excludes halogenated alkanes) is 1. The molecule has 0 saturated carbocycles. The maximum absolute atomic E-state index is 13.3. The first-order valence-corrected chi connectivity index (χ1v) is 18.9. The van der Waals surface area contributed by atoms with E-state index in [0.29, 0.717) is 32.1 Å². The number of fused-ring (bicyclic) bond motifs is 4. The van der Waals surface area contributed by atoms with Gasteiger partial charge in [-0.25, -0.2) is 17.9 Å².